The number of rotatable bonds is 5. The number of aromatic nitrogens is 1. The summed E-state index contributed by atoms with van der Waals surface area (Å²) in [6.45, 7) is 1.04. The molecule has 138 valence electrons. The van der Waals surface area contributed by atoms with Gasteiger partial charge >= 0.3 is 5.97 Å². The second-order valence-corrected chi connectivity index (χ2v) is 8.35. The molecule has 1 aliphatic rings. The van der Waals surface area contributed by atoms with Crippen LogP contribution in [0.2, 0.25) is 0 Å². The maximum absolute atomic E-state index is 13.3. The van der Waals surface area contributed by atoms with Crippen LogP contribution in [0.25, 0.3) is 11.3 Å². The molecule has 5 nitrogen and oxygen atoms in total. The number of nitrogens with zero attached hydrogens (tertiary/aromatic N) is 1. The lowest BCUT2D eigenvalue weighted by Gasteiger charge is -2.11. The average molecular weight is 421 g/mol. The van der Waals surface area contributed by atoms with Crippen LogP contribution in [0.1, 0.15) is 13.3 Å². The van der Waals surface area contributed by atoms with Gasteiger partial charge in [0.1, 0.15) is 9.75 Å². The van der Waals surface area contributed by atoms with Gasteiger partial charge in [0.15, 0.2) is 23.4 Å². The molecule has 0 bridgehead atoms. The first kappa shape index (κ1) is 19.0. The fourth-order valence-corrected chi connectivity index (χ4v) is 3.61. The van der Waals surface area contributed by atoms with Crippen molar-refractivity contribution >= 4 is 51.5 Å². The zero-order valence-corrected chi connectivity index (χ0v) is 15.6. The van der Waals surface area contributed by atoms with Crippen molar-refractivity contribution in [1.82, 2.24) is 4.98 Å². The zero-order valence-electron chi connectivity index (χ0n) is 13.3. The van der Waals surface area contributed by atoms with Gasteiger partial charge in [-0.1, -0.05) is 0 Å². The van der Waals surface area contributed by atoms with Crippen molar-refractivity contribution < 1.29 is 23.1 Å². The van der Waals surface area contributed by atoms with Crippen LogP contribution < -0.4 is 5.32 Å². The van der Waals surface area contributed by atoms with Crippen molar-refractivity contribution in [3.8, 4) is 11.3 Å². The number of amides is 1. The maximum Gasteiger partial charge on any atom is 0.315 e. The number of carbonyl (C=O) groups excluding carboxylic acids is 2. The number of anilines is 1. The average Bonchev–Trinajstić information content (AvgIpc) is 2.91. The molecule has 2 aromatic rings. The highest BCUT2D eigenvalue weighted by molar-refractivity contribution is 7.14. The fourth-order valence-electron chi connectivity index (χ4n) is 2.19. The van der Waals surface area contributed by atoms with Crippen LogP contribution in [-0.4, -0.2) is 27.8 Å². The number of hydrogen-bond acceptors (Lipinski definition) is 5. The van der Waals surface area contributed by atoms with Gasteiger partial charge in [0.05, 0.1) is 5.69 Å². The van der Waals surface area contributed by atoms with Gasteiger partial charge in [-0.05, 0) is 25.1 Å². The Bertz CT molecular complexity index is 890. The summed E-state index contributed by atoms with van der Waals surface area (Å²) in [6, 6.07) is 3.38. The maximum atomic E-state index is 13.3. The molecule has 26 heavy (non-hydrogen) atoms. The van der Waals surface area contributed by atoms with Gasteiger partial charge in [-0.15, -0.1) is 34.5 Å². The molecule has 1 aromatic heterocycles. The molecule has 1 fully saturated rings. The standard InChI is InChI=1S/C16H12Cl2F2N2O3S/c1-15(7-16(15,17)18)13(24)25-5-12(23)22-14-21-11(6-26-14)8-2-3-9(19)10(20)4-8/h2-4,6H,5,7H2,1H3,(H,21,22,23)/t15-/m0/s1. The van der Waals surface area contributed by atoms with E-state index < -0.39 is 39.9 Å². The number of nitrogens with one attached hydrogen (secondary N) is 1. The minimum absolute atomic E-state index is 0.229. The third kappa shape index (κ3) is 3.67. The van der Waals surface area contributed by atoms with Crippen molar-refractivity contribution in [2.24, 2.45) is 5.41 Å². The summed E-state index contributed by atoms with van der Waals surface area (Å²) >= 11 is 12.8. The van der Waals surface area contributed by atoms with Crippen molar-refractivity contribution in [3.05, 3.63) is 35.2 Å². The Morgan fingerprint density at radius 1 is 1.35 bits per heavy atom. The molecule has 3 rings (SSSR count). The van der Waals surface area contributed by atoms with Crippen molar-refractivity contribution in [3.63, 3.8) is 0 Å². The van der Waals surface area contributed by atoms with E-state index in [-0.39, 0.29) is 11.6 Å². The molecule has 1 saturated carbocycles. The first-order valence-corrected chi connectivity index (χ1v) is 9.02. The summed E-state index contributed by atoms with van der Waals surface area (Å²) in [5.74, 6) is -3.19. The van der Waals surface area contributed by atoms with E-state index in [9.17, 15) is 18.4 Å². The smallest absolute Gasteiger partial charge is 0.315 e. The number of ether oxygens (including phenoxy) is 1. The Hall–Kier alpha value is -1.77. The van der Waals surface area contributed by atoms with E-state index in [1.54, 1.807) is 12.3 Å². The highest BCUT2D eigenvalue weighted by Crippen LogP contribution is 2.64. The molecule has 1 N–H and O–H groups in total. The number of esters is 1. The van der Waals surface area contributed by atoms with E-state index in [0.717, 1.165) is 23.5 Å². The van der Waals surface area contributed by atoms with E-state index in [1.807, 2.05) is 0 Å². The zero-order chi connectivity index (χ0) is 19.1. The predicted molar refractivity (Wildman–Crippen MR) is 94.2 cm³/mol. The number of carbonyl (C=O) groups is 2. The monoisotopic (exact) mass is 420 g/mol. The van der Waals surface area contributed by atoms with E-state index >= 15 is 0 Å². The Morgan fingerprint density at radius 3 is 2.65 bits per heavy atom. The third-order valence-electron chi connectivity index (χ3n) is 4.01. The lowest BCUT2D eigenvalue weighted by Crippen LogP contribution is -2.26. The first-order valence-electron chi connectivity index (χ1n) is 7.38. The molecule has 0 unspecified atom stereocenters. The SMILES string of the molecule is C[C@@]1(C(=O)OCC(=O)Nc2nc(-c3ccc(F)c(F)c3)cs2)CC1(Cl)Cl. The second kappa shape index (κ2) is 6.75. The molecule has 0 saturated heterocycles. The Kier molecular flexibility index (Phi) is 4.94. The molecule has 0 spiro atoms. The minimum Gasteiger partial charge on any atom is -0.455 e. The molecular weight excluding hydrogens is 409 g/mol. The van der Waals surface area contributed by atoms with Gasteiger partial charge in [-0.25, -0.2) is 13.8 Å². The molecule has 0 radical (unpaired) electrons. The van der Waals surface area contributed by atoms with Gasteiger partial charge in [-0.3, -0.25) is 14.9 Å². The first-order chi connectivity index (χ1) is 12.1. The molecule has 10 heteroatoms. The van der Waals surface area contributed by atoms with Crippen LogP contribution in [0, 0.1) is 17.0 Å². The molecular formula is C16H12Cl2F2N2O3S. The van der Waals surface area contributed by atoms with Crippen LogP contribution in [0.5, 0.6) is 0 Å². The number of halogens is 4. The molecule has 1 amide bonds. The van der Waals surface area contributed by atoms with Crippen molar-refractivity contribution in [1.29, 1.82) is 0 Å². The highest BCUT2D eigenvalue weighted by atomic mass is 35.5. The number of alkyl halides is 2. The van der Waals surface area contributed by atoms with Gasteiger partial charge in [0.25, 0.3) is 5.91 Å². The summed E-state index contributed by atoms with van der Waals surface area (Å²) < 4.78 is 30.0. The topological polar surface area (TPSA) is 68.3 Å². The Morgan fingerprint density at radius 2 is 2.04 bits per heavy atom. The van der Waals surface area contributed by atoms with Crippen molar-refractivity contribution in [2.45, 2.75) is 17.7 Å². The van der Waals surface area contributed by atoms with Gasteiger partial charge < -0.3 is 4.74 Å². The van der Waals surface area contributed by atoms with Gasteiger partial charge in [0, 0.05) is 17.4 Å². The predicted octanol–water partition coefficient (Wildman–Crippen LogP) is 4.15. The lowest BCUT2D eigenvalue weighted by atomic mass is 10.1. The number of benzene rings is 1. The fraction of sp³-hybridized carbons (Fsp3) is 0.312. The highest BCUT2D eigenvalue weighted by Gasteiger charge is 2.69. The van der Waals surface area contributed by atoms with Crippen molar-refractivity contribution in [2.75, 3.05) is 11.9 Å². The van der Waals surface area contributed by atoms with Crippen LogP contribution >= 0.6 is 34.5 Å². The molecule has 1 aliphatic carbocycles. The Balaban J connectivity index is 1.56. The molecule has 1 aromatic carbocycles. The van der Waals surface area contributed by atoms with E-state index in [1.165, 1.54) is 6.07 Å². The summed E-state index contributed by atoms with van der Waals surface area (Å²) in [6.07, 6.45) is 0.258. The van der Waals surface area contributed by atoms with E-state index in [4.69, 9.17) is 27.9 Å². The molecule has 0 aliphatic heterocycles. The van der Waals surface area contributed by atoms with Crippen LogP contribution in [0.15, 0.2) is 23.6 Å². The van der Waals surface area contributed by atoms with E-state index in [0.29, 0.717) is 11.3 Å². The Labute approximate surface area is 161 Å². The minimum atomic E-state index is -1.17. The summed E-state index contributed by atoms with van der Waals surface area (Å²) in [5, 5.41) is 4.27. The summed E-state index contributed by atoms with van der Waals surface area (Å²) in [5.41, 5.74) is -0.271. The third-order valence-corrected chi connectivity index (χ3v) is 5.87. The van der Waals surface area contributed by atoms with Gasteiger partial charge in [-0.2, -0.15) is 0 Å². The number of thiazole rings is 1. The van der Waals surface area contributed by atoms with E-state index in [2.05, 4.69) is 10.3 Å². The molecule has 1 heterocycles. The molecule has 1 atom stereocenters. The quantitative estimate of drug-likeness (QED) is 0.582. The summed E-state index contributed by atoms with van der Waals surface area (Å²) in [4.78, 5) is 27.9. The lowest BCUT2D eigenvalue weighted by molar-refractivity contribution is -0.152. The largest absolute Gasteiger partial charge is 0.455 e. The second-order valence-electron chi connectivity index (χ2n) is 6.00. The summed E-state index contributed by atoms with van der Waals surface area (Å²) in [7, 11) is 0. The van der Waals surface area contributed by atoms with Crippen LogP contribution in [0.3, 0.4) is 0 Å². The normalized spacial score (nSPS) is 20.5. The van der Waals surface area contributed by atoms with Crippen LogP contribution in [-0.2, 0) is 14.3 Å². The number of hydrogen-bond donors (Lipinski definition) is 1. The van der Waals surface area contributed by atoms with Crippen LogP contribution in [0.4, 0.5) is 13.9 Å². The van der Waals surface area contributed by atoms with Gasteiger partial charge in [0.2, 0.25) is 0 Å².